The number of benzene rings is 1. The van der Waals surface area contributed by atoms with Gasteiger partial charge in [-0.15, -0.1) is 0 Å². The van der Waals surface area contributed by atoms with Gasteiger partial charge in [0.2, 0.25) is 5.95 Å². The molecule has 1 fully saturated rings. The number of nitrogens with zero attached hydrogens (tertiary/aromatic N) is 4. The second-order valence-electron chi connectivity index (χ2n) is 8.09. The fourth-order valence-corrected chi connectivity index (χ4v) is 4.32. The van der Waals surface area contributed by atoms with Crippen LogP contribution >= 0.6 is 15.9 Å². The molecule has 1 unspecified atom stereocenters. The number of hydrogen-bond donors (Lipinski definition) is 1. The van der Waals surface area contributed by atoms with E-state index in [-0.39, 0.29) is 17.4 Å². The van der Waals surface area contributed by atoms with Crippen LogP contribution in [0.2, 0.25) is 0 Å². The number of aromatic nitrogens is 3. The molecule has 1 saturated heterocycles. The highest BCUT2D eigenvalue weighted by molar-refractivity contribution is 9.10. The zero-order valence-corrected chi connectivity index (χ0v) is 18.2. The number of piperidine rings is 1. The Bertz CT molecular complexity index is 1020. The Morgan fingerprint density at radius 1 is 1.21 bits per heavy atom. The number of hydrogen-bond acceptors (Lipinski definition) is 5. The van der Waals surface area contributed by atoms with E-state index in [4.69, 9.17) is 0 Å². The van der Waals surface area contributed by atoms with Crippen molar-refractivity contribution in [3.63, 3.8) is 0 Å². The number of likely N-dealkylation sites (tertiary alicyclic amines) is 1. The maximum Gasteiger partial charge on any atom is 0.254 e. The van der Waals surface area contributed by atoms with Gasteiger partial charge in [-0.25, -0.2) is 9.97 Å². The lowest BCUT2D eigenvalue weighted by Gasteiger charge is -2.46. The van der Waals surface area contributed by atoms with Crippen molar-refractivity contribution in [2.45, 2.75) is 32.7 Å². The number of fused-ring (bicyclic) bond motifs is 1. The molecule has 0 radical (unpaired) electrons. The van der Waals surface area contributed by atoms with E-state index in [1.54, 1.807) is 18.6 Å². The minimum absolute atomic E-state index is 0.0148. The summed E-state index contributed by atoms with van der Waals surface area (Å²) in [5, 5.41) is 4.22. The molecule has 4 rings (SSSR count). The molecule has 1 amide bonds. The molecule has 150 valence electrons. The Morgan fingerprint density at radius 3 is 2.79 bits per heavy atom. The summed E-state index contributed by atoms with van der Waals surface area (Å²) >= 11 is 3.35. The number of pyridine rings is 1. The Labute approximate surface area is 178 Å². The predicted octanol–water partition coefficient (Wildman–Crippen LogP) is 4.53. The molecule has 1 aromatic carbocycles. The first kappa shape index (κ1) is 19.8. The van der Waals surface area contributed by atoms with Crippen LogP contribution in [0.1, 0.15) is 37.0 Å². The van der Waals surface area contributed by atoms with Crippen LogP contribution in [-0.4, -0.2) is 44.9 Å². The molecule has 1 N–H and O–H groups in total. The standard InChI is InChI=1S/C22H24BrN5O/c1-22(2)9-5-11-28(19(22)14-27-21-25-12-15(23)13-26-21)20(29)17-6-3-8-18-16(17)7-4-10-24-18/h3-4,6-8,10,12-13,19H,5,9,11,14H2,1-2H3,(H,25,26,27). The molecule has 0 aliphatic carbocycles. The first-order valence-corrected chi connectivity index (χ1v) is 10.6. The molecule has 1 atom stereocenters. The molecule has 29 heavy (non-hydrogen) atoms. The molecule has 0 spiro atoms. The van der Waals surface area contributed by atoms with Crippen molar-refractivity contribution in [1.29, 1.82) is 0 Å². The summed E-state index contributed by atoms with van der Waals surface area (Å²) in [6, 6.07) is 9.62. The van der Waals surface area contributed by atoms with Gasteiger partial charge in [-0.1, -0.05) is 26.0 Å². The molecule has 0 saturated carbocycles. The number of carbonyl (C=O) groups is 1. The Morgan fingerprint density at radius 2 is 2.00 bits per heavy atom. The third-order valence-electron chi connectivity index (χ3n) is 5.71. The van der Waals surface area contributed by atoms with E-state index in [0.29, 0.717) is 18.1 Å². The van der Waals surface area contributed by atoms with Crippen LogP contribution < -0.4 is 5.32 Å². The minimum atomic E-state index is -0.0148. The summed E-state index contributed by atoms with van der Waals surface area (Å²) in [6.07, 6.45) is 7.25. The van der Waals surface area contributed by atoms with Crippen molar-refractivity contribution in [2.24, 2.45) is 5.41 Å². The lowest BCUT2D eigenvalue weighted by Crippen LogP contribution is -2.55. The number of nitrogens with one attached hydrogen (secondary N) is 1. The second kappa shape index (κ2) is 8.06. The topological polar surface area (TPSA) is 71.0 Å². The Balaban J connectivity index is 1.62. The predicted molar refractivity (Wildman–Crippen MR) is 118 cm³/mol. The van der Waals surface area contributed by atoms with Crippen molar-refractivity contribution in [3.05, 3.63) is 59.0 Å². The molecular weight excluding hydrogens is 430 g/mol. The molecule has 2 aromatic heterocycles. The van der Waals surface area contributed by atoms with E-state index in [9.17, 15) is 4.79 Å². The van der Waals surface area contributed by atoms with Crippen LogP contribution in [0.15, 0.2) is 53.4 Å². The van der Waals surface area contributed by atoms with E-state index in [1.165, 1.54) is 0 Å². The third-order valence-corrected chi connectivity index (χ3v) is 6.12. The van der Waals surface area contributed by atoms with Crippen molar-refractivity contribution in [1.82, 2.24) is 19.9 Å². The molecular formula is C22H24BrN5O. The van der Waals surface area contributed by atoms with E-state index in [2.05, 4.69) is 50.0 Å². The van der Waals surface area contributed by atoms with Gasteiger partial charge in [0.05, 0.1) is 16.0 Å². The molecule has 1 aliphatic heterocycles. The molecule has 7 heteroatoms. The zero-order valence-electron chi connectivity index (χ0n) is 16.6. The zero-order chi connectivity index (χ0) is 20.4. The number of carbonyl (C=O) groups excluding carboxylic acids is 1. The van der Waals surface area contributed by atoms with Gasteiger partial charge in [0, 0.05) is 42.6 Å². The van der Waals surface area contributed by atoms with Crippen molar-refractivity contribution in [2.75, 3.05) is 18.4 Å². The van der Waals surface area contributed by atoms with Crippen molar-refractivity contribution >= 4 is 38.7 Å². The van der Waals surface area contributed by atoms with Crippen LogP contribution in [0.3, 0.4) is 0 Å². The van der Waals surface area contributed by atoms with Crippen LogP contribution in [0.25, 0.3) is 10.9 Å². The average Bonchev–Trinajstić information content (AvgIpc) is 2.72. The van der Waals surface area contributed by atoms with Gasteiger partial charge in [-0.05, 0) is 52.4 Å². The number of anilines is 1. The normalized spacial score (nSPS) is 18.6. The van der Waals surface area contributed by atoms with Gasteiger partial charge in [-0.2, -0.15) is 0 Å². The fraction of sp³-hybridized carbons (Fsp3) is 0.364. The maximum atomic E-state index is 13.6. The highest BCUT2D eigenvalue weighted by Gasteiger charge is 2.40. The minimum Gasteiger partial charge on any atom is -0.352 e. The number of rotatable bonds is 4. The number of halogens is 1. The van der Waals surface area contributed by atoms with Gasteiger partial charge in [0.1, 0.15) is 0 Å². The molecule has 0 bridgehead atoms. The molecule has 3 aromatic rings. The average molecular weight is 454 g/mol. The summed E-state index contributed by atoms with van der Waals surface area (Å²) in [5.41, 5.74) is 1.53. The first-order valence-electron chi connectivity index (χ1n) is 9.82. The lowest BCUT2D eigenvalue weighted by molar-refractivity contribution is 0.0321. The Kier molecular flexibility index (Phi) is 5.50. The van der Waals surface area contributed by atoms with Crippen molar-refractivity contribution in [3.8, 4) is 0 Å². The van der Waals surface area contributed by atoms with Gasteiger partial charge >= 0.3 is 0 Å². The summed E-state index contributed by atoms with van der Waals surface area (Å²) in [7, 11) is 0. The molecule has 1 aliphatic rings. The Hall–Kier alpha value is -2.54. The van der Waals surface area contributed by atoms with Gasteiger partial charge < -0.3 is 10.2 Å². The molecule has 6 nitrogen and oxygen atoms in total. The lowest BCUT2D eigenvalue weighted by atomic mass is 9.76. The van der Waals surface area contributed by atoms with E-state index in [0.717, 1.165) is 34.8 Å². The van der Waals surface area contributed by atoms with Crippen LogP contribution in [0.4, 0.5) is 5.95 Å². The fourth-order valence-electron chi connectivity index (χ4n) is 4.11. The third kappa shape index (κ3) is 4.10. The summed E-state index contributed by atoms with van der Waals surface area (Å²) in [5.74, 6) is 0.622. The summed E-state index contributed by atoms with van der Waals surface area (Å²) in [4.78, 5) is 28.6. The largest absolute Gasteiger partial charge is 0.352 e. The smallest absolute Gasteiger partial charge is 0.254 e. The van der Waals surface area contributed by atoms with E-state index < -0.39 is 0 Å². The quantitative estimate of drug-likeness (QED) is 0.627. The van der Waals surface area contributed by atoms with Crippen LogP contribution in [0, 0.1) is 5.41 Å². The highest BCUT2D eigenvalue weighted by atomic mass is 79.9. The second-order valence-corrected chi connectivity index (χ2v) is 9.00. The summed E-state index contributed by atoms with van der Waals surface area (Å²) in [6.45, 7) is 5.80. The highest BCUT2D eigenvalue weighted by Crippen LogP contribution is 2.36. The van der Waals surface area contributed by atoms with E-state index >= 15 is 0 Å². The summed E-state index contributed by atoms with van der Waals surface area (Å²) < 4.78 is 0.836. The van der Waals surface area contributed by atoms with Crippen LogP contribution in [0.5, 0.6) is 0 Å². The van der Waals surface area contributed by atoms with Gasteiger partial charge in [0.25, 0.3) is 5.91 Å². The van der Waals surface area contributed by atoms with E-state index in [1.807, 2.05) is 35.2 Å². The van der Waals surface area contributed by atoms with Gasteiger partial charge in [0.15, 0.2) is 0 Å². The first-order chi connectivity index (χ1) is 14.0. The van der Waals surface area contributed by atoms with Gasteiger partial charge in [-0.3, -0.25) is 9.78 Å². The van der Waals surface area contributed by atoms with Crippen LogP contribution in [-0.2, 0) is 0 Å². The van der Waals surface area contributed by atoms with Crippen molar-refractivity contribution < 1.29 is 4.79 Å². The molecule has 3 heterocycles. The maximum absolute atomic E-state index is 13.6. The monoisotopic (exact) mass is 453 g/mol. The number of amides is 1. The SMILES string of the molecule is CC1(C)CCCN(C(=O)c2cccc3ncccc23)C1CNc1ncc(Br)cn1.